The average Bonchev–Trinajstić information content (AvgIpc) is 2.46. The van der Waals surface area contributed by atoms with Crippen LogP contribution in [0.25, 0.3) is 0 Å². The molecule has 0 bridgehead atoms. The number of aromatic hydroxyl groups is 1. The Balaban J connectivity index is 1.84. The Morgan fingerprint density at radius 3 is 2.59 bits per heavy atom. The largest absolute Gasteiger partial charge is 0.507 e. The number of anilines is 1. The molecule has 0 aromatic heterocycles. The lowest BCUT2D eigenvalue weighted by atomic mass is 10.0. The predicted octanol–water partition coefficient (Wildman–Crippen LogP) is 4.36. The van der Waals surface area contributed by atoms with E-state index in [4.69, 9.17) is 0 Å². The molecule has 2 aromatic rings. The molecule has 0 radical (unpaired) electrons. The second-order valence-corrected chi connectivity index (χ2v) is 5.50. The summed E-state index contributed by atoms with van der Waals surface area (Å²) in [5, 5.41) is 9.61. The number of alkyl halides is 3. The summed E-state index contributed by atoms with van der Waals surface area (Å²) in [6.07, 6.45) is -2.49. The van der Waals surface area contributed by atoms with Crippen molar-refractivity contribution < 1.29 is 18.3 Å². The highest BCUT2D eigenvalue weighted by molar-refractivity contribution is 5.56. The zero-order valence-electron chi connectivity index (χ0n) is 11.9. The van der Waals surface area contributed by atoms with Gasteiger partial charge in [-0.3, -0.25) is 0 Å². The minimum Gasteiger partial charge on any atom is -0.507 e. The fraction of sp³-hybridized carbons (Fsp3) is 0.294. The van der Waals surface area contributed by atoms with E-state index >= 15 is 0 Å². The molecule has 1 aliphatic rings. The molecule has 2 nitrogen and oxygen atoms in total. The van der Waals surface area contributed by atoms with Crippen molar-refractivity contribution in [3.63, 3.8) is 0 Å². The fourth-order valence-electron chi connectivity index (χ4n) is 2.91. The Labute approximate surface area is 126 Å². The molecule has 5 heteroatoms. The van der Waals surface area contributed by atoms with Gasteiger partial charge in [0.1, 0.15) is 5.75 Å². The zero-order valence-corrected chi connectivity index (χ0v) is 11.9. The number of phenolic OH excluding ortho intramolecular Hbond substituents is 1. The summed E-state index contributed by atoms with van der Waals surface area (Å²) in [6.45, 7) is 1.35. The minimum atomic E-state index is -4.53. The first-order chi connectivity index (χ1) is 10.4. The second kappa shape index (κ2) is 5.55. The number of halogens is 3. The molecule has 0 aliphatic carbocycles. The quantitative estimate of drug-likeness (QED) is 0.891. The van der Waals surface area contributed by atoms with Crippen LogP contribution in [0.2, 0.25) is 0 Å². The molecule has 1 N–H and O–H groups in total. The van der Waals surface area contributed by atoms with Crippen molar-refractivity contribution in [2.75, 3.05) is 11.4 Å². The van der Waals surface area contributed by atoms with Crippen LogP contribution in [-0.4, -0.2) is 11.7 Å². The lowest BCUT2D eigenvalue weighted by Crippen LogP contribution is -2.28. The third kappa shape index (κ3) is 2.89. The van der Waals surface area contributed by atoms with E-state index in [2.05, 4.69) is 11.0 Å². The fourth-order valence-corrected chi connectivity index (χ4v) is 2.91. The van der Waals surface area contributed by atoms with Crippen molar-refractivity contribution in [1.29, 1.82) is 0 Å². The predicted molar refractivity (Wildman–Crippen MR) is 78.9 cm³/mol. The van der Waals surface area contributed by atoms with E-state index in [1.807, 2.05) is 18.2 Å². The van der Waals surface area contributed by atoms with E-state index < -0.39 is 17.5 Å². The molecular formula is C17H16F3NO. The lowest BCUT2D eigenvalue weighted by molar-refractivity contribution is -0.138. The van der Waals surface area contributed by atoms with E-state index in [0.29, 0.717) is 12.1 Å². The maximum atomic E-state index is 12.7. The number of fused-ring (bicyclic) bond motifs is 1. The number of rotatable bonds is 2. The van der Waals surface area contributed by atoms with Gasteiger partial charge in [-0.05, 0) is 42.2 Å². The number of para-hydroxylation sites is 1. The summed E-state index contributed by atoms with van der Waals surface area (Å²) in [5.74, 6) is -0.713. The van der Waals surface area contributed by atoms with Gasteiger partial charge in [0.25, 0.3) is 0 Å². The molecule has 116 valence electrons. The molecule has 0 saturated carbocycles. The van der Waals surface area contributed by atoms with Crippen LogP contribution in [0.15, 0.2) is 42.5 Å². The highest BCUT2D eigenvalue weighted by Crippen LogP contribution is 2.36. The van der Waals surface area contributed by atoms with Crippen LogP contribution in [0.1, 0.15) is 23.1 Å². The molecule has 0 spiro atoms. The van der Waals surface area contributed by atoms with Crippen molar-refractivity contribution >= 4 is 5.69 Å². The van der Waals surface area contributed by atoms with E-state index in [0.717, 1.165) is 31.1 Å². The Bertz CT molecular complexity index is 682. The van der Waals surface area contributed by atoms with E-state index in [1.54, 1.807) is 0 Å². The first kappa shape index (κ1) is 14.8. The number of benzene rings is 2. The first-order valence-electron chi connectivity index (χ1n) is 7.17. The van der Waals surface area contributed by atoms with Crippen molar-refractivity contribution in [2.45, 2.75) is 25.6 Å². The summed E-state index contributed by atoms with van der Waals surface area (Å²) < 4.78 is 38.0. The van der Waals surface area contributed by atoms with Gasteiger partial charge in [0.05, 0.1) is 5.56 Å². The number of aryl methyl sites for hydroxylation is 1. The van der Waals surface area contributed by atoms with Crippen LogP contribution in [0.4, 0.5) is 18.9 Å². The average molecular weight is 307 g/mol. The van der Waals surface area contributed by atoms with Gasteiger partial charge in [0, 0.05) is 18.8 Å². The maximum absolute atomic E-state index is 12.7. The monoisotopic (exact) mass is 307 g/mol. The Kier molecular flexibility index (Phi) is 3.72. The molecule has 0 fully saturated rings. The minimum absolute atomic E-state index is 0.489. The molecule has 0 saturated heterocycles. The zero-order chi connectivity index (χ0) is 15.7. The summed E-state index contributed by atoms with van der Waals surface area (Å²) >= 11 is 0. The van der Waals surface area contributed by atoms with Crippen LogP contribution < -0.4 is 4.90 Å². The molecular weight excluding hydrogens is 291 g/mol. The van der Waals surface area contributed by atoms with E-state index in [1.165, 1.54) is 17.7 Å². The molecule has 22 heavy (non-hydrogen) atoms. The summed E-state index contributed by atoms with van der Waals surface area (Å²) in [7, 11) is 0. The smallest absolute Gasteiger partial charge is 0.419 e. The van der Waals surface area contributed by atoms with Crippen molar-refractivity contribution in [2.24, 2.45) is 0 Å². The van der Waals surface area contributed by atoms with Gasteiger partial charge in [0.15, 0.2) is 0 Å². The Hall–Kier alpha value is -2.17. The van der Waals surface area contributed by atoms with E-state index in [9.17, 15) is 18.3 Å². The third-order valence-electron chi connectivity index (χ3n) is 3.95. The van der Waals surface area contributed by atoms with Crippen molar-refractivity contribution in [1.82, 2.24) is 0 Å². The summed E-state index contributed by atoms with van der Waals surface area (Å²) in [5.41, 5.74) is 2.05. The van der Waals surface area contributed by atoms with Gasteiger partial charge in [-0.2, -0.15) is 13.2 Å². The third-order valence-corrected chi connectivity index (χ3v) is 3.95. The van der Waals surface area contributed by atoms with E-state index in [-0.39, 0.29) is 0 Å². The Morgan fingerprint density at radius 1 is 1.09 bits per heavy atom. The first-order valence-corrected chi connectivity index (χ1v) is 7.17. The lowest BCUT2D eigenvalue weighted by Gasteiger charge is -2.31. The molecule has 0 unspecified atom stereocenters. The number of hydrogen-bond donors (Lipinski definition) is 1. The van der Waals surface area contributed by atoms with Gasteiger partial charge < -0.3 is 10.0 Å². The van der Waals surface area contributed by atoms with Gasteiger partial charge in [-0.15, -0.1) is 0 Å². The number of phenols is 1. The standard InChI is InChI=1S/C17H16F3NO/c18-17(19,20)14-8-7-12(10-16(14)22)11-21-9-3-5-13-4-1-2-6-15(13)21/h1-2,4,6-8,10,22H,3,5,9,11H2. The van der Waals surface area contributed by atoms with Crippen LogP contribution in [0.5, 0.6) is 5.75 Å². The van der Waals surface area contributed by atoms with Crippen molar-refractivity contribution in [3.8, 4) is 5.75 Å². The maximum Gasteiger partial charge on any atom is 0.419 e. The van der Waals surface area contributed by atoms with Crippen molar-refractivity contribution in [3.05, 3.63) is 59.2 Å². The van der Waals surface area contributed by atoms with Crippen LogP contribution >= 0.6 is 0 Å². The summed E-state index contributed by atoms with van der Waals surface area (Å²) in [4.78, 5) is 2.14. The number of nitrogens with zero attached hydrogens (tertiary/aromatic N) is 1. The second-order valence-electron chi connectivity index (χ2n) is 5.50. The van der Waals surface area contributed by atoms with Gasteiger partial charge >= 0.3 is 6.18 Å². The number of hydrogen-bond acceptors (Lipinski definition) is 2. The molecule has 2 aromatic carbocycles. The van der Waals surface area contributed by atoms with Gasteiger partial charge in [-0.1, -0.05) is 24.3 Å². The Morgan fingerprint density at radius 2 is 1.86 bits per heavy atom. The molecule has 1 aliphatic heterocycles. The molecule has 3 rings (SSSR count). The van der Waals surface area contributed by atoms with Crippen LogP contribution in [0, 0.1) is 0 Å². The molecule has 0 amide bonds. The van der Waals surface area contributed by atoms with Crippen LogP contribution in [0.3, 0.4) is 0 Å². The molecule has 0 atom stereocenters. The van der Waals surface area contributed by atoms with Crippen LogP contribution in [-0.2, 0) is 19.1 Å². The topological polar surface area (TPSA) is 23.5 Å². The highest BCUT2D eigenvalue weighted by atomic mass is 19.4. The highest BCUT2D eigenvalue weighted by Gasteiger charge is 2.33. The normalized spacial score (nSPS) is 14.8. The van der Waals surface area contributed by atoms with Gasteiger partial charge in [0.2, 0.25) is 0 Å². The molecule has 1 heterocycles. The van der Waals surface area contributed by atoms with Gasteiger partial charge in [-0.25, -0.2) is 0 Å². The summed E-state index contributed by atoms with van der Waals surface area (Å²) in [6, 6.07) is 11.6. The SMILES string of the molecule is Oc1cc(CN2CCCc3ccccc32)ccc1C(F)(F)F.